The summed E-state index contributed by atoms with van der Waals surface area (Å²) in [6.45, 7) is 1.20. The Bertz CT molecular complexity index is 444. The van der Waals surface area contributed by atoms with Crippen molar-refractivity contribution >= 4 is 11.7 Å². The minimum Gasteiger partial charge on any atom is -0.475 e. The van der Waals surface area contributed by atoms with E-state index in [0.29, 0.717) is 12.5 Å². The summed E-state index contributed by atoms with van der Waals surface area (Å²) in [5.41, 5.74) is 6.19. The molecule has 0 radical (unpaired) electrons. The minimum atomic E-state index is -0.501. The zero-order chi connectivity index (χ0) is 13.7. The molecule has 1 fully saturated rings. The Hall–Kier alpha value is -1.82. The number of esters is 1. The van der Waals surface area contributed by atoms with E-state index in [9.17, 15) is 4.79 Å². The van der Waals surface area contributed by atoms with Gasteiger partial charge in [0.05, 0.1) is 30.7 Å². The van der Waals surface area contributed by atoms with Crippen molar-refractivity contribution in [3.8, 4) is 5.88 Å². The first kappa shape index (κ1) is 13.6. The fourth-order valence-corrected chi connectivity index (χ4v) is 1.93. The largest absolute Gasteiger partial charge is 0.475 e. The smallest absolute Gasteiger partial charge is 0.340 e. The molecule has 2 heterocycles. The summed E-state index contributed by atoms with van der Waals surface area (Å²) in [5.74, 6) is -0.151. The molecular weight excluding hydrogens is 248 g/mol. The molecule has 0 saturated carbocycles. The molecule has 2 rings (SSSR count). The first-order valence-electron chi connectivity index (χ1n) is 6.29. The van der Waals surface area contributed by atoms with Crippen LogP contribution in [0, 0.1) is 0 Å². The van der Waals surface area contributed by atoms with Crippen molar-refractivity contribution in [3.05, 3.63) is 17.8 Å². The van der Waals surface area contributed by atoms with Crippen molar-refractivity contribution in [1.29, 1.82) is 0 Å². The lowest BCUT2D eigenvalue weighted by Crippen LogP contribution is -2.26. The fraction of sp³-hybridized carbons (Fsp3) is 0.538. The van der Waals surface area contributed by atoms with Gasteiger partial charge in [-0.25, -0.2) is 9.78 Å². The number of carbonyl (C=O) groups excluding carboxylic acids is 1. The second kappa shape index (κ2) is 6.38. The Labute approximate surface area is 111 Å². The van der Waals surface area contributed by atoms with Gasteiger partial charge in [0.1, 0.15) is 6.61 Å². The molecule has 2 N–H and O–H groups in total. The molecule has 1 atom stereocenters. The van der Waals surface area contributed by atoms with Crippen LogP contribution in [0.4, 0.5) is 5.69 Å². The lowest BCUT2D eigenvalue weighted by molar-refractivity contribution is -0.0119. The summed E-state index contributed by atoms with van der Waals surface area (Å²) in [7, 11) is 1.30. The third-order valence-corrected chi connectivity index (χ3v) is 3.01. The summed E-state index contributed by atoms with van der Waals surface area (Å²) < 4.78 is 15.7. The monoisotopic (exact) mass is 266 g/mol. The number of hydrogen-bond donors (Lipinski definition) is 1. The van der Waals surface area contributed by atoms with Gasteiger partial charge in [0.25, 0.3) is 0 Å². The lowest BCUT2D eigenvalue weighted by atomic mass is 10.1. The molecule has 1 saturated heterocycles. The van der Waals surface area contributed by atoms with E-state index in [-0.39, 0.29) is 17.4 Å². The van der Waals surface area contributed by atoms with Crippen LogP contribution < -0.4 is 10.5 Å². The van der Waals surface area contributed by atoms with E-state index in [4.69, 9.17) is 15.2 Å². The third kappa shape index (κ3) is 3.57. The number of nitrogens with two attached hydrogens (primary N) is 1. The normalized spacial score (nSPS) is 18.9. The maximum Gasteiger partial charge on any atom is 0.340 e. The van der Waals surface area contributed by atoms with Crippen molar-refractivity contribution in [2.75, 3.05) is 26.1 Å². The highest BCUT2D eigenvalue weighted by Gasteiger charge is 2.16. The number of nitrogens with zero attached hydrogens (tertiary/aromatic N) is 1. The molecule has 1 aliphatic rings. The lowest BCUT2D eigenvalue weighted by Gasteiger charge is -2.22. The van der Waals surface area contributed by atoms with Gasteiger partial charge < -0.3 is 19.9 Å². The summed E-state index contributed by atoms with van der Waals surface area (Å²) in [6, 6.07) is 1.49. The molecule has 6 nitrogen and oxygen atoms in total. The van der Waals surface area contributed by atoms with E-state index in [1.54, 1.807) is 0 Å². The SMILES string of the molecule is COC(=O)c1cc(OCC2CCCCO2)ncc1N. The van der Waals surface area contributed by atoms with E-state index in [1.165, 1.54) is 19.4 Å². The van der Waals surface area contributed by atoms with Crippen LogP contribution >= 0.6 is 0 Å². The van der Waals surface area contributed by atoms with Crippen LogP contribution in [0.25, 0.3) is 0 Å². The Kier molecular flexibility index (Phi) is 4.57. The number of hydrogen-bond acceptors (Lipinski definition) is 6. The fourth-order valence-electron chi connectivity index (χ4n) is 1.93. The first-order valence-corrected chi connectivity index (χ1v) is 6.29. The van der Waals surface area contributed by atoms with Crippen molar-refractivity contribution in [2.24, 2.45) is 0 Å². The summed E-state index contributed by atoms with van der Waals surface area (Å²) in [6.07, 6.45) is 4.72. The highest BCUT2D eigenvalue weighted by molar-refractivity contribution is 5.95. The van der Waals surface area contributed by atoms with E-state index < -0.39 is 5.97 Å². The average molecular weight is 266 g/mol. The Morgan fingerprint density at radius 1 is 1.58 bits per heavy atom. The van der Waals surface area contributed by atoms with Gasteiger partial charge in [0.2, 0.25) is 5.88 Å². The topological polar surface area (TPSA) is 83.7 Å². The van der Waals surface area contributed by atoms with E-state index in [2.05, 4.69) is 9.72 Å². The number of aromatic nitrogens is 1. The molecule has 1 aromatic heterocycles. The third-order valence-electron chi connectivity index (χ3n) is 3.01. The second-order valence-corrected chi connectivity index (χ2v) is 4.40. The molecule has 0 aliphatic carbocycles. The van der Waals surface area contributed by atoms with Gasteiger partial charge in [-0.1, -0.05) is 0 Å². The maximum atomic E-state index is 11.5. The van der Waals surface area contributed by atoms with Crippen molar-refractivity contribution in [1.82, 2.24) is 4.98 Å². The van der Waals surface area contributed by atoms with Crippen molar-refractivity contribution in [3.63, 3.8) is 0 Å². The first-order chi connectivity index (χ1) is 9.20. The van der Waals surface area contributed by atoms with Crippen LogP contribution in [0.3, 0.4) is 0 Å². The molecule has 0 bridgehead atoms. The molecule has 0 amide bonds. The minimum absolute atomic E-state index is 0.0923. The molecule has 0 spiro atoms. The van der Waals surface area contributed by atoms with Crippen LogP contribution in [0.2, 0.25) is 0 Å². The number of carbonyl (C=O) groups is 1. The number of ether oxygens (including phenoxy) is 3. The van der Waals surface area contributed by atoms with E-state index in [1.807, 2.05) is 0 Å². The highest BCUT2D eigenvalue weighted by atomic mass is 16.5. The average Bonchev–Trinajstić information content (AvgIpc) is 2.46. The molecule has 6 heteroatoms. The Morgan fingerprint density at radius 2 is 2.42 bits per heavy atom. The second-order valence-electron chi connectivity index (χ2n) is 4.40. The number of rotatable bonds is 4. The number of methoxy groups -OCH3 is 1. The predicted octanol–water partition coefficient (Wildman–Crippen LogP) is 1.40. The van der Waals surface area contributed by atoms with Crippen molar-refractivity contribution in [2.45, 2.75) is 25.4 Å². The zero-order valence-electron chi connectivity index (χ0n) is 10.9. The maximum absolute atomic E-state index is 11.5. The van der Waals surface area contributed by atoms with Gasteiger partial charge in [-0.05, 0) is 19.3 Å². The quantitative estimate of drug-likeness (QED) is 0.829. The molecule has 1 aromatic rings. The van der Waals surface area contributed by atoms with E-state index in [0.717, 1.165) is 25.9 Å². The standard InChI is InChI=1S/C13H18N2O4/c1-17-13(16)10-6-12(15-7-11(10)14)19-8-9-4-2-3-5-18-9/h6-7,9H,2-5,8,14H2,1H3. The molecule has 1 aliphatic heterocycles. The van der Waals surface area contributed by atoms with Gasteiger partial charge in [-0.15, -0.1) is 0 Å². The van der Waals surface area contributed by atoms with Gasteiger partial charge in [0.15, 0.2) is 0 Å². The summed E-state index contributed by atoms with van der Waals surface area (Å²) >= 11 is 0. The van der Waals surface area contributed by atoms with Crippen LogP contribution in [0.1, 0.15) is 29.6 Å². The number of anilines is 1. The predicted molar refractivity (Wildman–Crippen MR) is 69.1 cm³/mol. The molecule has 1 unspecified atom stereocenters. The Morgan fingerprint density at radius 3 is 3.11 bits per heavy atom. The molecule has 104 valence electrons. The zero-order valence-corrected chi connectivity index (χ0v) is 10.9. The Balaban J connectivity index is 1.98. The van der Waals surface area contributed by atoms with Crippen molar-refractivity contribution < 1.29 is 19.0 Å². The van der Waals surface area contributed by atoms with Gasteiger partial charge in [0, 0.05) is 12.7 Å². The molecule has 19 heavy (non-hydrogen) atoms. The van der Waals surface area contributed by atoms with Crippen LogP contribution in [-0.4, -0.2) is 37.4 Å². The summed E-state index contributed by atoms with van der Waals surface area (Å²) in [5, 5.41) is 0. The van der Waals surface area contributed by atoms with Gasteiger partial charge in [-0.2, -0.15) is 0 Å². The summed E-state index contributed by atoms with van der Waals surface area (Å²) in [4.78, 5) is 15.5. The van der Waals surface area contributed by atoms with Crippen LogP contribution in [-0.2, 0) is 9.47 Å². The number of nitrogen functional groups attached to an aromatic ring is 1. The van der Waals surface area contributed by atoms with Crippen LogP contribution in [0.15, 0.2) is 12.3 Å². The van der Waals surface area contributed by atoms with E-state index >= 15 is 0 Å². The molecular formula is C13H18N2O4. The highest BCUT2D eigenvalue weighted by Crippen LogP contribution is 2.19. The van der Waals surface area contributed by atoms with Gasteiger partial charge >= 0.3 is 5.97 Å². The molecule has 0 aromatic carbocycles. The van der Waals surface area contributed by atoms with Crippen LogP contribution in [0.5, 0.6) is 5.88 Å². The van der Waals surface area contributed by atoms with Gasteiger partial charge in [-0.3, -0.25) is 0 Å². The number of pyridine rings is 1.